The minimum Gasteiger partial charge on any atom is -0.481 e. The second-order valence-electron chi connectivity index (χ2n) is 2.57. The predicted molar refractivity (Wildman–Crippen MR) is 57.1 cm³/mol. The van der Waals surface area contributed by atoms with Gasteiger partial charge < -0.3 is 20.1 Å². The van der Waals surface area contributed by atoms with Gasteiger partial charge in [0.05, 0.1) is 19.6 Å². The first kappa shape index (κ1) is 16.8. The zero-order valence-electron chi connectivity index (χ0n) is 8.83. The second kappa shape index (κ2) is 11.4. The molecule has 3 N–H and O–H groups in total. The van der Waals surface area contributed by atoms with E-state index in [0.29, 0.717) is 13.2 Å². The van der Waals surface area contributed by atoms with Crippen molar-refractivity contribution in [2.24, 2.45) is 0 Å². The molecule has 0 radical (unpaired) electrons. The van der Waals surface area contributed by atoms with Crippen molar-refractivity contribution in [1.82, 2.24) is 0 Å². The SMILES string of the molecule is C=CCOCC=C.O=C(O)CC(O)C(=O)O. The molecule has 1 atom stereocenters. The van der Waals surface area contributed by atoms with E-state index in [4.69, 9.17) is 20.1 Å². The van der Waals surface area contributed by atoms with E-state index in [1.165, 1.54) is 0 Å². The lowest BCUT2D eigenvalue weighted by atomic mass is 10.3. The number of hydrogen-bond donors (Lipinski definition) is 3. The summed E-state index contributed by atoms with van der Waals surface area (Å²) >= 11 is 0. The molecule has 0 amide bonds. The summed E-state index contributed by atoms with van der Waals surface area (Å²) in [5.41, 5.74) is 0. The Kier molecular flexibility index (Phi) is 12.0. The van der Waals surface area contributed by atoms with E-state index in [0.717, 1.165) is 0 Å². The third-order valence-electron chi connectivity index (χ3n) is 1.12. The molecule has 0 aromatic carbocycles. The Morgan fingerprint density at radius 1 is 1.19 bits per heavy atom. The van der Waals surface area contributed by atoms with Gasteiger partial charge in [-0.05, 0) is 0 Å². The van der Waals surface area contributed by atoms with Crippen molar-refractivity contribution in [2.45, 2.75) is 12.5 Å². The number of carboxylic acids is 2. The summed E-state index contributed by atoms with van der Waals surface area (Å²) < 4.78 is 4.90. The Morgan fingerprint density at radius 2 is 1.62 bits per heavy atom. The Labute approximate surface area is 93.5 Å². The van der Waals surface area contributed by atoms with Gasteiger partial charge in [0, 0.05) is 0 Å². The molecule has 16 heavy (non-hydrogen) atoms. The van der Waals surface area contributed by atoms with Crippen LogP contribution >= 0.6 is 0 Å². The summed E-state index contributed by atoms with van der Waals surface area (Å²) in [6.07, 6.45) is 0.880. The van der Waals surface area contributed by atoms with E-state index in [9.17, 15) is 9.59 Å². The number of aliphatic hydroxyl groups is 1. The van der Waals surface area contributed by atoms with E-state index in [2.05, 4.69) is 13.2 Å². The predicted octanol–water partition coefficient (Wildman–Crippen LogP) is 0.282. The molecule has 0 fully saturated rings. The van der Waals surface area contributed by atoms with Gasteiger partial charge in [0.1, 0.15) is 0 Å². The number of carboxylic acid groups (broad SMARTS) is 2. The maximum absolute atomic E-state index is 9.72. The van der Waals surface area contributed by atoms with Gasteiger partial charge in [0.15, 0.2) is 6.10 Å². The number of ether oxygens (including phenoxy) is 1. The standard InChI is InChI=1S/C6H10O.C4H6O5/c1-3-5-7-6-4-2;5-2(4(8)9)1-3(6)7/h3-4H,1-2,5-6H2;2,5H,1H2,(H,6,7)(H,8,9). The van der Waals surface area contributed by atoms with Crippen LogP contribution in [-0.4, -0.2) is 46.6 Å². The topological polar surface area (TPSA) is 104 Å². The van der Waals surface area contributed by atoms with Gasteiger partial charge in [-0.15, -0.1) is 13.2 Å². The van der Waals surface area contributed by atoms with Crippen LogP contribution in [0.3, 0.4) is 0 Å². The second-order valence-corrected chi connectivity index (χ2v) is 2.57. The maximum Gasteiger partial charge on any atom is 0.333 e. The molecule has 6 heteroatoms. The third kappa shape index (κ3) is 14.8. The first-order chi connectivity index (χ1) is 7.45. The normalized spacial score (nSPS) is 10.6. The third-order valence-corrected chi connectivity index (χ3v) is 1.12. The zero-order valence-corrected chi connectivity index (χ0v) is 8.83. The van der Waals surface area contributed by atoms with Gasteiger partial charge in [0.25, 0.3) is 0 Å². The largest absolute Gasteiger partial charge is 0.481 e. The lowest BCUT2D eigenvalue weighted by Gasteiger charge is -1.97. The van der Waals surface area contributed by atoms with Gasteiger partial charge in [-0.1, -0.05) is 12.2 Å². The first-order valence-electron chi connectivity index (χ1n) is 4.37. The smallest absolute Gasteiger partial charge is 0.333 e. The van der Waals surface area contributed by atoms with Crippen LogP contribution in [0.4, 0.5) is 0 Å². The van der Waals surface area contributed by atoms with Crippen LogP contribution in [0.2, 0.25) is 0 Å². The highest BCUT2D eigenvalue weighted by atomic mass is 16.5. The molecule has 0 spiro atoms. The summed E-state index contributed by atoms with van der Waals surface area (Å²) in [5.74, 6) is -2.85. The molecule has 0 aromatic rings. The van der Waals surface area contributed by atoms with Crippen molar-refractivity contribution in [1.29, 1.82) is 0 Å². The van der Waals surface area contributed by atoms with Crippen molar-refractivity contribution in [3.63, 3.8) is 0 Å². The van der Waals surface area contributed by atoms with Crippen molar-refractivity contribution >= 4 is 11.9 Å². The highest BCUT2D eigenvalue weighted by molar-refractivity contribution is 5.79. The Hall–Kier alpha value is -1.66. The summed E-state index contributed by atoms with van der Waals surface area (Å²) in [6, 6.07) is 0. The molecular formula is C10H16O6. The van der Waals surface area contributed by atoms with E-state index in [1.54, 1.807) is 12.2 Å². The number of hydrogen-bond acceptors (Lipinski definition) is 4. The molecule has 0 saturated heterocycles. The quantitative estimate of drug-likeness (QED) is 0.430. The summed E-state index contributed by atoms with van der Waals surface area (Å²) in [4.78, 5) is 19.4. The van der Waals surface area contributed by atoms with Gasteiger partial charge in [-0.2, -0.15) is 0 Å². The van der Waals surface area contributed by atoms with Crippen LogP contribution in [0.5, 0.6) is 0 Å². The molecule has 0 rings (SSSR count). The van der Waals surface area contributed by atoms with Crippen LogP contribution in [0.15, 0.2) is 25.3 Å². The molecule has 92 valence electrons. The Balaban J connectivity index is 0. The average molecular weight is 232 g/mol. The minimum absolute atomic E-state index is 0.617. The molecule has 0 aromatic heterocycles. The monoisotopic (exact) mass is 232 g/mol. The first-order valence-corrected chi connectivity index (χ1v) is 4.37. The molecule has 0 saturated carbocycles. The van der Waals surface area contributed by atoms with Gasteiger partial charge >= 0.3 is 11.9 Å². The van der Waals surface area contributed by atoms with Crippen molar-refractivity contribution < 1.29 is 29.6 Å². The zero-order chi connectivity index (χ0) is 13.0. The van der Waals surface area contributed by atoms with Gasteiger partial charge in [-0.25, -0.2) is 4.79 Å². The molecular weight excluding hydrogens is 216 g/mol. The van der Waals surface area contributed by atoms with E-state index >= 15 is 0 Å². The van der Waals surface area contributed by atoms with Crippen LogP contribution in [-0.2, 0) is 14.3 Å². The molecule has 6 nitrogen and oxygen atoms in total. The van der Waals surface area contributed by atoms with Crippen molar-refractivity contribution in [2.75, 3.05) is 13.2 Å². The van der Waals surface area contributed by atoms with Gasteiger partial charge in [-0.3, -0.25) is 4.79 Å². The lowest BCUT2D eigenvalue weighted by Crippen LogP contribution is -2.22. The van der Waals surface area contributed by atoms with Crippen LogP contribution in [0.1, 0.15) is 6.42 Å². The summed E-state index contributed by atoms with van der Waals surface area (Å²) in [5, 5.41) is 24.1. The minimum atomic E-state index is -1.79. The average Bonchev–Trinajstić information content (AvgIpc) is 2.18. The molecule has 0 aliphatic rings. The Morgan fingerprint density at radius 3 is 1.81 bits per heavy atom. The maximum atomic E-state index is 9.72. The fourth-order valence-corrected chi connectivity index (χ4v) is 0.487. The number of carbonyl (C=O) groups is 2. The molecule has 0 heterocycles. The molecule has 0 bridgehead atoms. The summed E-state index contributed by atoms with van der Waals surface area (Å²) in [6.45, 7) is 8.18. The molecule has 1 unspecified atom stereocenters. The highest BCUT2D eigenvalue weighted by Crippen LogP contribution is 1.89. The lowest BCUT2D eigenvalue weighted by molar-refractivity contribution is -0.152. The fraction of sp³-hybridized carbons (Fsp3) is 0.400. The number of aliphatic hydroxyl groups excluding tert-OH is 1. The number of rotatable bonds is 7. The fourth-order valence-electron chi connectivity index (χ4n) is 0.487. The number of aliphatic carboxylic acids is 2. The van der Waals surface area contributed by atoms with E-state index in [1.807, 2.05) is 0 Å². The van der Waals surface area contributed by atoms with Crippen LogP contribution in [0, 0.1) is 0 Å². The molecule has 0 aliphatic carbocycles. The van der Waals surface area contributed by atoms with E-state index in [-0.39, 0.29) is 0 Å². The van der Waals surface area contributed by atoms with Crippen LogP contribution in [0.25, 0.3) is 0 Å². The van der Waals surface area contributed by atoms with Crippen molar-refractivity contribution in [3.05, 3.63) is 25.3 Å². The van der Waals surface area contributed by atoms with Gasteiger partial charge in [0.2, 0.25) is 0 Å². The van der Waals surface area contributed by atoms with Crippen molar-refractivity contribution in [3.8, 4) is 0 Å². The van der Waals surface area contributed by atoms with E-state index < -0.39 is 24.5 Å². The van der Waals surface area contributed by atoms with Crippen LogP contribution < -0.4 is 0 Å². The Bertz CT molecular complexity index is 227. The highest BCUT2D eigenvalue weighted by Gasteiger charge is 2.16. The summed E-state index contributed by atoms with van der Waals surface area (Å²) in [7, 11) is 0. The molecule has 0 aliphatic heterocycles.